The van der Waals surface area contributed by atoms with Crippen LogP contribution in [0.2, 0.25) is 0 Å². The number of hydrogen-bond acceptors (Lipinski definition) is 8. The van der Waals surface area contributed by atoms with Gasteiger partial charge in [-0.1, -0.05) is 42.4 Å². The van der Waals surface area contributed by atoms with Crippen LogP contribution in [0, 0.1) is 6.92 Å². The number of nitrogens with zero attached hydrogens (tertiary/aromatic N) is 2. The Balaban J connectivity index is 0.00000298. The van der Waals surface area contributed by atoms with Gasteiger partial charge in [0.2, 0.25) is 0 Å². The predicted molar refractivity (Wildman–Crippen MR) is 125 cm³/mol. The summed E-state index contributed by atoms with van der Waals surface area (Å²) in [7, 11) is 3.83. The lowest BCUT2D eigenvalue weighted by molar-refractivity contribution is -0.274. The van der Waals surface area contributed by atoms with Crippen molar-refractivity contribution in [2.24, 2.45) is 10.3 Å². The predicted octanol–water partition coefficient (Wildman–Crippen LogP) is 5.39. The molecule has 0 saturated heterocycles. The lowest BCUT2D eigenvalue weighted by Crippen LogP contribution is -2.20. The van der Waals surface area contributed by atoms with E-state index in [1.54, 1.807) is 25.1 Å². The number of carbonyl (C=O) groups excluding carboxylic acids is 1. The van der Waals surface area contributed by atoms with E-state index in [0.29, 0.717) is 11.1 Å². The van der Waals surface area contributed by atoms with Crippen LogP contribution in [0.5, 0.6) is 11.5 Å². The van der Waals surface area contributed by atoms with Gasteiger partial charge in [0.25, 0.3) is 0 Å². The van der Waals surface area contributed by atoms with Gasteiger partial charge in [-0.05, 0) is 31.5 Å². The number of aryl methyl sites for hydroxylation is 1. The third-order valence-electron chi connectivity index (χ3n) is 4.44. The zero-order valence-electron chi connectivity index (χ0n) is 20.6. The molecule has 0 aliphatic heterocycles. The largest absolute Gasteiger partial charge is 0.573 e. The van der Waals surface area contributed by atoms with Crippen molar-refractivity contribution in [3.63, 3.8) is 0 Å². The number of rotatable bonds is 9. The molecule has 0 fully saturated rings. The number of alkyl halides is 3. The molecule has 2 rings (SSSR count). The number of halogens is 3. The Morgan fingerprint density at radius 1 is 1.00 bits per heavy atom. The topological polar surface area (TPSA) is 87.9 Å². The van der Waals surface area contributed by atoms with Crippen LogP contribution in [0.15, 0.2) is 46.7 Å². The van der Waals surface area contributed by atoms with Crippen molar-refractivity contribution in [1.29, 1.82) is 0 Å². The molecule has 0 saturated carbocycles. The number of hydrogen-bond donors (Lipinski definition) is 0. The Bertz CT molecular complexity index is 1050. The van der Waals surface area contributed by atoms with Gasteiger partial charge in [-0.25, -0.2) is 4.79 Å². The molecule has 0 aromatic heterocycles. The Labute approximate surface area is 202 Å². The van der Waals surface area contributed by atoms with E-state index in [-0.39, 0.29) is 29.3 Å². The Morgan fingerprint density at radius 2 is 1.69 bits per heavy atom. The van der Waals surface area contributed by atoms with Gasteiger partial charge in [0, 0.05) is 22.8 Å². The van der Waals surface area contributed by atoms with Gasteiger partial charge < -0.3 is 23.9 Å². The lowest BCUT2D eigenvalue weighted by atomic mass is 9.99. The highest BCUT2D eigenvalue weighted by molar-refractivity contribution is 6.43. The average molecular weight is 498 g/mol. The molecule has 0 atom stereocenters. The minimum absolute atomic E-state index is 0.0642. The SMILES string of the molecule is CC.CO/N=C(/C(=O)OC)c1cccc(C)c1CO/N=C(\C)c1ccc(OC)cc1OC(F)(F)F. The summed E-state index contributed by atoms with van der Waals surface area (Å²) in [6, 6.07) is 9.10. The monoisotopic (exact) mass is 498 g/mol. The van der Waals surface area contributed by atoms with Crippen molar-refractivity contribution in [1.82, 2.24) is 0 Å². The van der Waals surface area contributed by atoms with Crippen LogP contribution in [-0.2, 0) is 25.8 Å². The number of methoxy groups -OCH3 is 2. The molecule has 0 aliphatic carbocycles. The maximum Gasteiger partial charge on any atom is 0.573 e. The molecule has 2 aromatic carbocycles. The van der Waals surface area contributed by atoms with Gasteiger partial charge in [0.05, 0.1) is 19.9 Å². The smallest absolute Gasteiger partial charge is 0.497 e. The summed E-state index contributed by atoms with van der Waals surface area (Å²) in [5.74, 6) is -1.01. The van der Waals surface area contributed by atoms with Crippen LogP contribution in [-0.4, -0.2) is 45.1 Å². The molecule has 0 aliphatic rings. The van der Waals surface area contributed by atoms with Gasteiger partial charge in [-0.2, -0.15) is 0 Å². The van der Waals surface area contributed by atoms with Crippen molar-refractivity contribution < 1.29 is 41.9 Å². The summed E-state index contributed by atoms with van der Waals surface area (Å²) >= 11 is 0. The molecule has 35 heavy (non-hydrogen) atoms. The van der Waals surface area contributed by atoms with Crippen molar-refractivity contribution in [2.75, 3.05) is 21.3 Å². The Kier molecular flexibility index (Phi) is 11.6. The van der Waals surface area contributed by atoms with Crippen LogP contribution >= 0.6 is 0 Å². The second kappa shape index (κ2) is 13.8. The fourth-order valence-corrected chi connectivity index (χ4v) is 2.88. The summed E-state index contributed by atoms with van der Waals surface area (Å²) < 4.78 is 52.3. The molecule has 0 unspecified atom stereocenters. The van der Waals surface area contributed by atoms with E-state index in [2.05, 4.69) is 15.0 Å². The van der Waals surface area contributed by atoms with Crippen molar-refractivity contribution in [3.05, 3.63) is 58.7 Å². The number of oxime groups is 2. The maximum atomic E-state index is 12.8. The van der Waals surface area contributed by atoms with Crippen molar-refractivity contribution in [3.8, 4) is 11.5 Å². The van der Waals surface area contributed by atoms with Gasteiger partial charge in [0.1, 0.15) is 25.2 Å². The first-order valence-corrected chi connectivity index (χ1v) is 10.5. The molecule has 0 heterocycles. The highest BCUT2D eigenvalue weighted by atomic mass is 19.4. The maximum absolute atomic E-state index is 12.8. The summed E-state index contributed by atoms with van der Waals surface area (Å²) in [6.07, 6.45) is -4.90. The van der Waals surface area contributed by atoms with Crippen molar-refractivity contribution in [2.45, 2.75) is 40.7 Å². The van der Waals surface area contributed by atoms with E-state index < -0.39 is 18.1 Å². The van der Waals surface area contributed by atoms with Gasteiger partial charge >= 0.3 is 12.3 Å². The van der Waals surface area contributed by atoms with Gasteiger partial charge in [-0.3, -0.25) is 0 Å². The molecule has 11 heteroatoms. The van der Waals surface area contributed by atoms with E-state index >= 15 is 0 Å². The van der Waals surface area contributed by atoms with Crippen LogP contribution in [0.3, 0.4) is 0 Å². The first-order chi connectivity index (χ1) is 16.6. The normalized spacial score (nSPS) is 11.7. The standard InChI is InChI=1S/C22H23F3N2O6.C2H6/c1-13-7-6-8-17(20(27-31-5)21(28)30-4)18(13)12-32-26-14(2)16-10-9-15(29-3)11-19(16)33-22(23,24)25;1-2/h6-11H,12H2,1-5H3;1-2H3/b26-14+,27-20+;. The van der Waals surface area contributed by atoms with E-state index in [1.807, 2.05) is 13.8 Å². The Morgan fingerprint density at radius 3 is 2.26 bits per heavy atom. The third kappa shape index (κ3) is 8.51. The van der Waals surface area contributed by atoms with Crippen molar-refractivity contribution >= 4 is 17.4 Å². The number of ether oxygens (including phenoxy) is 3. The first kappa shape index (κ1) is 29.3. The summed E-state index contributed by atoms with van der Waals surface area (Å²) in [5, 5.41) is 7.67. The van der Waals surface area contributed by atoms with E-state index in [9.17, 15) is 18.0 Å². The quantitative estimate of drug-likeness (QED) is 0.262. The van der Waals surface area contributed by atoms with E-state index in [1.165, 1.54) is 40.4 Å². The van der Waals surface area contributed by atoms with Gasteiger partial charge in [-0.15, -0.1) is 13.2 Å². The van der Waals surface area contributed by atoms with Crippen LogP contribution in [0.4, 0.5) is 13.2 Å². The molecule has 0 radical (unpaired) electrons. The molecule has 0 N–H and O–H groups in total. The zero-order chi connectivity index (χ0) is 26.6. The van der Waals surface area contributed by atoms with Crippen LogP contribution < -0.4 is 9.47 Å². The number of esters is 1. The minimum Gasteiger partial charge on any atom is -0.497 e. The lowest BCUT2D eigenvalue weighted by Gasteiger charge is -2.15. The molecule has 2 aromatic rings. The third-order valence-corrected chi connectivity index (χ3v) is 4.44. The summed E-state index contributed by atoms with van der Waals surface area (Å²) in [6.45, 7) is 7.15. The van der Waals surface area contributed by atoms with Crippen LogP contribution in [0.25, 0.3) is 0 Å². The fraction of sp³-hybridized carbons (Fsp3) is 0.375. The Hall–Kier alpha value is -3.76. The second-order valence-corrected chi connectivity index (χ2v) is 6.58. The minimum atomic E-state index is -4.90. The molecule has 0 amide bonds. The van der Waals surface area contributed by atoms with Gasteiger partial charge in [0.15, 0.2) is 5.71 Å². The summed E-state index contributed by atoms with van der Waals surface area (Å²) in [4.78, 5) is 22.3. The molecular weight excluding hydrogens is 469 g/mol. The average Bonchev–Trinajstić information content (AvgIpc) is 2.83. The summed E-state index contributed by atoms with van der Waals surface area (Å²) in [5.41, 5.74) is 1.86. The molecule has 0 bridgehead atoms. The van der Waals surface area contributed by atoms with E-state index in [0.717, 1.165) is 11.6 Å². The van der Waals surface area contributed by atoms with Crippen LogP contribution in [0.1, 0.15) is 43.0 Å². The molecular formula is C24H29F3N2O6. The molecule has 192 valence electrons. The highest BCUT2D eigenvalue weighted by Crippen LogP contribution is 2.31. The number of benzene rings is 2. The molecule has 0 spiro atoms. The van der Waals surface area contributed by atoms with E-state index in [4.69, 9.17) is 19.1 Å². The molecule has 8 nitrogen and oxygen atoms in total. The second-order valence-electron chi connectivity index (χ2n) is 6.58. The zero-order valence-corrected chi connectivity index (χ0v) is 20.6. The first-order valence-electron chi connectivity index (χ1n) is 10.5. The number of carbonyl (C=O) groups is 1. The highest BCUT2D eigenvalue weighted by Gasteiger charge is 2.32. The fourth-order valence-electron chi connectivity index (χ4n) is 2.88.